The standard InChI is InChI=1S/C8H15F2N2O3P/c9-8(10)3-5(4-13)15-6(8)12(1-2-16)7(11)14/h5-6,13H,1-4,16H2,(H2,11,14)/t5-,6+/m0/s1. The molecule has 0 aromatic carbocycles. The Hall–Kier alpha value is -0.520. The number of aliphatic hydroxyl groups excluding tert-OH is 1. The Morgan fingerprint density at radius 1 is 1.69 bits per heavy atom. The highest BCUT2D eigenvalue weighted by atomic mass is 31.0. The smallest absolute Gasteiger partial charge is 0.317 e. The van der Waals surface area contributed by atoms with E-state index in [4.69, 9.17) is 15.6 Å². The van der Waals surface area contributed by atoms with Crippen LogP contribution in [0.3, 0.4) is 0 Å². The lowest BCUT2D eigenvalue weighted by molar-refractivity contribution is -0.136. The molecule has 0 aliphatic carbocycles. The van der Waals surface area contributed by atoms with Gasteiger partial charge in [-0.15, -0.1) is 9.24 Å². The van der Waals surface area contributed by atoms with Crippen LogP contribution in [0.25, 0.3) is 0 Å². The first-order valence-electron chi connectivity index (χ1n) is 4.82. The number of hydrogen-bond acceptors (Lipinski definition) is 3. The van der Waals surface area contributed by atoms with Crippen molar-refractivity contribution in [2.75, 3.05) is 19.3 Å². The minimum atomic E-state index is -3.18. The first-order chi connectivity index (χ1) is 7.42. The van der Waals surface area contributed by atoms with Gasteiger partial charge in [0.15, 0.2) is 6.23 Å². The highest BCUT2D eigenvalue weighted by molar-refractivity contribution is 7.16. The Morgan fingerprint density at radius 3 is 2.69 bits per heavy atom. The van der Waals surface area contributed by atoms with Crippen LogP contribution in [0.15, 0.2) is 0 Å². The van der Waals surface area contributed by atoms with Crippen LogP contribution < -0.4 is 5.73 Å². The maximum Gasteiger partial charge on any atom is 0.317 e. The Balaban J connectivity index is 2.79. The fourth-order valence-corrected chi connectivity index (χ4v) is 1.90. The average molecular weight is 256 g/mol. The highest BCUT2D eigenvalue weighted by Gasteiger charge is 2.53. The van der Waals surface area contributed by atoms with Gasteiger partial charge in [-0.25, -0.2) is 13.6 Å². The summed E-state index contributed by atoms with van der Waals surface area (Å²) in [6.07, 6.45) is -2.81. The van der Waals surface area contributed by atoms with Gasteiger partial charge in [-0.2, -0.15) is 0 Å². The number of ether oxygens (including phenoxy) is 1. The molecular weight excluding hydrogens is 241 g/mol. The van der Waals surface area contributed by atoms with Crippen molar-refractivity contribution in [2.45, 2.75) is 24.7 Å². The molecule has 2 amide bonds. The van der Waals surface area contributed by atoms with E-state index in [2.05, 4.69) is 9.24 Å². The Bertz CT molecular complexity index is 268. The van der Waals surface area contributed by atoms with Crippen LogP contribution in [-0.4, -0.2) is 53.6 Å². The summed E-state index contributed by atoms with van der Waals surface area (Å²) in [5.41, 5.74) is 5.01. The quantitative estimate of drug-likeness (QED) is 0.694. The van der Waals surface area contributed by atoms with Crippen molar-refractivity contribution in [1.29, 1.82) is 0 Å². The Kier molecular flexibility index (Phi) is 4.41. The molecule has 0 bridgehead atoms. The topological polar surface area (TPSA) is 75.8 Å². The molecule has 3 N–H and O–H groups in total. The summed E-state index contributed by atoms with van der Waals surface area (Å²) in [6.45, 7) is -0.433. The molecule has 0 aromatic rings. The molecule has 1 fully saturated rings. The van der Waals surface area contributed by atoms with Gasteiger partial charge in [0.2, 0.25) is 0 Å². The molecule has 5 nitrogen and oxygen atoms in total. The number of nitrogens with zero attached hydrogens (tertiary/aromatic N) is 1. The lowest BCUT2D eigenvalue weighted by Gasteiger charge is -2.29. The van der Waals surface area contributed by atoms with Crippen LogP contribution in [0.4, 0.5) is 13.6 Å². The van der Waals surface area contributed by atoms with Gasteiger partial charge in [-0.05, 0) is 6.16 Å². The van der Waals surface area contributed by atoms with E-state index in [1.54, 1.807) is 0 Å². The number of carbonyl (C=O) groups excluding carboxylic acids is 1. The Labute approximate surface area is 94.1 Å². The normalized spacial score (nSPS) is 28.0. The number of nitrogens with two attached hydrogens (primary N) is 1. The van der Waals surface area contributed by atoms with Gasteiger partial charge in [0, 0.05) is 13.0 Å². The van der Waals surface area contributed by atoms with Gasteiger partial charge in [0.25, 0.3) is 5.92 Å². The molecule has 1 unspecified atom stereocenters. The van der Waals surface area contributed by atoms with Gasteiger partial charge in [0.1, 0.15) is 0 Å². The molecular formula is C8H15F2N2O3P. The zero-order valence-electron chi connectivity index (χ0n) is 8.60. The number of urea groups is 1. The van der Waals surface area contributed by atoms with Crippen LogP contribution in [0.1, 0.15) is 6.42 Å². The van der Waals surface area contributed by atoms with Crippen molar-refractivity contribution in [3.05, 3.63) is 0 Å². The fourth-order valence-electron chi connectivity index (χ4n) is 1.63. The molecule has 8 heteroatoms. The summed E-state index contributed by atoms with van der Waals surface area (Å²) in [5, 5.41) is 8.77. The third-order valence-corrected chi connectivity index (χ3v) is 2.58. The third-order valence-electron chi connectivity index (χ3n) is 2.32. The van der Waals surface area contributed by atoms with E-state index >= 15 is 0 Å². The van der Waals surface area contributed by atoms with E-state index < -0.39 is 37.3 Å². The van der Waals surface area contributed by atoms with Crippen molar-refractivity contribution >= 4 is 15.3 Å². The summed E-state index contributed by atoms with van der Waals surface area (Å²) < 4.78 is 31.9. The second-order valence-corrected chi connectivity index (χ2v) is 4.16. The molecule has 1 heterocycles. The van der Waals surface area contributed by atoms with Crippen LogP contribution in [0.5, 0.6) is 0 Å². The molecule has 1 aliphatic heterocycles. The third kappa shape index (κ3) is 2.78. The summed E-state index contributed by atoms with van der Waals surface area (Å²) >= 11 is 0. The SMILES string of the molecule is NC(=O)N(CCP)[C@@H]1O[C@H](CO)CC1(F)F. The first kappa shape index (κ1) is 13.5. The molecule has 1 saturated heterocycles. The van der Waals surface area contributed by atoms with Gasteiger partial charge < -0.3 is 15.6 Å². The molecule has 1 rings (SSSR count). The molecule has 0 spiro atoms. The van der Waals surface area contributed by atoms with Crippen molar-refractivity contribution in [3.8, 4) is 0 Å². The minimum Gasteiger partial charge on any atom is -0.394 e. The summed E-state index contributed by atoms with van der Waals surface area (Å²) in [4.78, 5) is 11.8. The zero-order valence-corrected chi connectivity index (χ0v) is 9.76. The van der Waals surface area contributed by atoms with Crippen molar-refractivity contribution in [3.63, 3.8) is 0 Å². The van der Waals surface area contributed by atoms with E-state index in [0.717, 1.165) is 4.90 Å². The number of carbonyl (C=O) groups is 1. The predicted octanol–water partition coefficient (Wildman–Crippen LogP) is -0.0152. The van der Waals surface area contributed by atoms with Crippen molar-refractivity contribution in [2.24, 2.45) is 5.73 Å². The number of aliphatic hydroxyl groups is 1. The van der Waals surface area contributed by atoms with Gasteiger partial charge in [-0.3, -0.25) is 4.90 Å². The van der Waals surface area contributed by atoms with Crippen molar-refractivity contribution < 1.29 is 23.4 Å². The van der Waals surface area contributed by atoms with E-state index in [0.29, 0.717) is 6.16 Å². The lowest BCUT2D eigenvalue weighted by Crippen LogP contribution is -2.51. The number of alkyl halides is 2. The zero-order chi connectivity index (χ0) is 12.3. The number of rotatable bonds is 4. The van der Waals surface area contributed by atoms with Gasteiger partial charge >= 0.3 is 6.03 Å². The minimum absolute atomic E-state index is 0.0679. The summed E-state index contributed by atoms with van der Waals surface area (Å²) in [5.74, 6) is -3.18. The van der Waals surface area contributed by atoms with Crippen LogP contribution in [0.2, 0.25) is 0 Å². The molecule has 0 saturated carbocycles. The molecule has 0 radical (unpaired) electrons. The largest absolute Gasteiger partial charge is 0.394 e. The molecule has 3 atom stereocenters. The monoisotopic (exact) mass is 256 g/mol. The highest BCUT2D eigenvalue weighted by Crippen LogP contribution is 2.37. The number of hydrogen-bond donors (Lipinski definition) is 2. The predicted molar refractivity (Wildman–Crippen MR) is 56.2 cm³/mol. The molecule has 0 aromatic heterocycles. The second kappa shape index (κ2) is 5.21. The van der Waals surface area contributed by atoms with Crippen LogP contribution >= 0.6 is 9.24 Å². The van der Waals surface area contributed by atoms with Crippen LogP contribution in [0, 0.1) is 0 Å². The average Bonchev–Trinajstić information content (AvgIpc) is 2.49. The fraction of sp³-hybridized carbons (Fsp3) is 0.875. The number of primary amides is 1. The summed E-state index contributed by atoms with van der Waals surface area (Å²) in [7, 11) is 2.32. The van der Waals surface area contributed by atoms with E-state index in [9.17, 15) is 13.6 Å². The molecule has 16 heavy (non-hydrogen) atoms. The lowest BCUT2D eigenvalue weighted by atomic mass is 10.2. The maximum atomic E-state index is 13.5. The first-order valence-corrected chi connectivity index (χ1v) is 5.64. The number of halogens is 2. The van der Waals surface area contributed by atoms with Gasteiger partial charge in [-0.1, -0.05) is 0 Å². The molecule has 1 aliphatic rings. The Morgan fingerprint density at radius 2 is 2.31 bits per heavy atom. The van der Waals surface area contributed by atoms with Crippen molar-refractivity contribution in [1.82, 2.24) is 4.90 Å². The van der Waals surface area contributed by atoms with E-state index in [-0.39, 0.29) is 6.54 Å². The summed E-state index contributed by atoms with van der Waals surface area (Å²) in [6, 6.07) is -0.953. The maximum absolute atomic E-state index is 13.5. The van der Waals surface area contributed by atoms with E-state index in [1.807, 2.05) is 0 Å². The van der Waals surface area contributed by atoms with Crippen LogP contribution in [-0.2, 0) is 4.74 Å². The number of amides is 2. The molecule has 94 valence electrons. The second-order valence-electron chi connectivity index (χ2n) is 3.58. The van der Waals surface area contributed by atoms with Gasteiger partial charge in [0.05, 0.1) is 12.7 Å². The van der Waals surface area contributed by atoms with E-state index in [1.165, 1.54) is 0 Å².